The van der Waals surface area contributed by atoms with E-state index in [2.05, 4.69) is 32.7 Å². The summed E-state index contributed by atoms with van der Waals surface area (Å²) in [6.45, 7) is 3.26. The lowest BCUT2D eigenvalue weighted by atomic mass is 9.99. The molecule has 1 unspecified atom stereocenters. The fourth-order valence-electron chi connectivity index (χ4n) is 5.85. The molecule has 0 radical (unpaired) electrons. The average molecular weight is 584 g/mol. The molecule has 0 spiro atoms. The van der Waals surface area contributed by atoms with E-state index in [1.807, 2.05) is 48.2 Å². The number of piperidine rings is 1. The van der Waals surface area contributed by atoms with Crippen molar-refractivity contribution in [1.82, 2.24) is 20.1 Å². The van der Waals surface area contributed by atoms with Gasteiger partial charge in [0, 0.05) is 74.2 Å². The maximum Gasteiger partial charge on any atom is 0.255 e. The van der Waals surface area contributed by atoms with Crippen LogP contribution < -0.4 is 10.6 Å². The van der Waals surface area contributed by atoms with E-state index in [-0.39, 0.29) is 30.6 Å². The number of thioether (sulfide) groups is 1. The summed E-state index contributed by atoms with van der Waals surface area (Å²) < 4.78 is 0. The van der Waals surface area contributed by atoms with Crippen LogP contribution in [0.25, 0.3) is 11.1 Å². The van der Waals surface area contributed by atoms with Gasteiger partial charge in [-0.25, -0.2) is 0 Å². The van der Waals surface area contributed by atoms with Crippen LogP contribution in [-0.2, 0) is 33.9 Å². The summed E-state index contributed by atoms with van der Waals surface area (Å²) in [6, 6.07) is 15.1. The number of hydrogen-bond acceptors (Lipinski definition) is 7. The number of aromatic nitrogens is 1. The Morgan fingerprint density at radius 2 is 1.81 bits per heavy atom. The van der Waals surface area contributed by atoms with Crippen LogP contribution in [0.4, 0.5) is 5.69 Å². The number of nitrogens with one attached hydrogen (secondary N) is 2. The zero-order chi connectivity index (χ0) is 29.1. The first-order valence-electron chi connectivity index (χ1n) is 14.3. The number of hydrogen-bond donors (Lipinski definition) is 2. The molecule has 2 fully saturated rings. The van der Waals surface area contributed by atoms with Gasteiger partial charge in [-0.05, 0) is 71.0 Å². The van der Waals surface area contributed by atoms with Crippen molar-refractivity contribution in [3.8, 4) is 11.1 Å². The van der Waals surface area contributed by atoms with E-state index < -0.39 is 11.9 Å². The third kappa shape index (κ3) is 6.24. The highest BCUT2D eigenvalue weighted by atomic mass is 32.2. The fourth-order valence-corrected chi connectivity index (χ4v) is 6.83. The number of nitrogens with zero attached hydrogens (tertiary/aromatic N) is 3. The van der Waals surface area contributed by atoms with Crippen LogP contribution in [0.5, 0.6) is 0 Å². The van der Waals surface area contributed by atoms with Gasteiger partial charge in [0.2, 0.25) is 17.7 Å². The van der Waals surface area contributed by atoms with Crippen molar-refractivity contribution in [2.24, 2.45) is 0 Å². The molecule has 0 saturated carbocycles. The van der Waals surface area contributed by atoms with Gasteiger partial charge < -0.3 is 10.2 Å². The predicted molar refractivity (Wildman–Crippen MR) is 162 cm³/mol. The summed E-state index contributed by atoms with van der Waals surface area (Å²) in [5.41, 5.74) is 6.48. The number of imide groups is 1. The molecule has 2 aromatic carbocycles. The Hall–Kier alpha value is -4.02. The van der Waals surface area contributed by atoms with Gasteiger partial charge in [-0.3, -0.25) is 34.4 Å². The number of rotatable bonds is 8. The SMILES string of the molecule is O=C1CCC(N2Cc3ccc(CCC(=O)Nc4ccc(-c5ccncc5)c(CN5CCSCC5)c4)cc3C2=O)C(=O)N1. The number of carbonyl (C=O) groups is 4. The van der Waals surface area contributed by atoms with E-state index in [0.717, 1.165) is 59.1 Å². The number of amides is 4. The molecule has 216 valence electrons. The second kappa shape index (κ2) is 12.5. The first kappa shape index (κ1) is 28.1. The van der Waals surface area contributed by atoms with Crippen LogP contribution in [0.2, 0.25) is 0 Å². The molecule has 42 heavy (non-hydrogen) atoms. The van der Waals surface area contributed by atoms with Crippen LogP contribution >= 0.6 is 11.8 Å². The van der Waals surface area contributed by atoms with E-state index in [1.54, 1.807) is 17.3 Å². The molecule has 1 aromatic heterocycles. The lowest BCUT2D eigenvalue weighted by Crippen LogP contribution is -2.52. The van der Waals surface area contributed by atoms with Crippen molar-refractivity contribution in [3.63, 3.8) is 0 Å². The van der Waals surface area contributed by atoms with Crippen LogP contribution in [0.1, 0.15) is 46.3 Å². The Labute approximate surface area is 249 Å². The molecular weight excluding hydrogens is 550 g/mol. The molecule has 0 aliphatic carbocycles. The van der Waals surface area contributed by atoms with Crippen molar-refractivity contribution in [2.45, 2.75) is 44.8 Å². The first-order valence-corrected chi connectivity index (χ1v) is 15.5. The zero-order valence-corrected chi connectivity index (χ0v) is 24.1. The number of benzene rings is 2. The van der Waals surface area contributed by atoms with Crippen molar-refractivity contribution in [1.29, 1.82) is 0 Å². The van der Waals surface area contributed by atoms with E-state index in [9.17, 15) is 19.2 Å². The fraction of sp³-hybridized carbons (Fsp3) is 0.344. The molecule has 0 bridgehead atoms. The highest BCUT2D eigenvalue weighted by molar-refractivity contribution is 7.99. The topological polar surface area (TPSA) is 112 Å². The van der Waals surface area contributed by atoms with E-state index >= 15 is 0 Å². The Kier molecular flexibility index (Phi) is 8.34. The summed E-state index contributed by atoms with van der Waals surface area (Å²) in [5.74, 6) is 1.23. The summed E-state index contributed by atoms with van der Waals surface area (Å²) in [6.07, 6.45) is 4.91. The van der Waals surface area contributed by atoms with E-state index in [4.69, 9.17) is 0 Å². The monoisotopic (exact) mass is 583 g/mol. The number of fused-ring (bicyclic) bond motifs is 1. The second-order valence-corrected chi connectivity index (χ2v) is 12.2. The summed E-state index contributed by atoms with van der Waals surface area (Å²) in [4.78, 5) is 58.1. The van der Waals surface area contributed by atoms with E-state index in [1.165, 1.54) is 5.56 Å². The molecule has 9 nitrogen and oxygen atoms in total. The molecule has 3 aliphatic heterocycles. The summed E-state index contributed by atoms with van der Waals surface area (Å²) in [7, 11) is 0. The Morgan fingerprint density at radius 1 is 1.00 bits per heavy atom. The van der Waals surface area contributed by atoms with Gasteiger partial charge in [-0.2, -0.15) is 11.8 Å². The Morgan fingerprint density at radius 3 is 2.60 bits per heavy atom. The van der Waals surface area contributed by atoms with Gasteiger partial charge in [0.15, 0.2) is 0 Å². The zero-order valence-electron chi connectivity index (χ0n) is 23.3. The van der Waals surface area contributed by atoms with Gasteiger partial charge >= 0.3 is 0 Å². The Bertz CT molecular complexity index is 1520. The first-order chi connectivity index (χ1) is 20.4. The van der Waals surface area contributed by atoms with Crippen molar-refractivity contribution >= 4 is 41.1 Å². The minimum atomic E-state index is -0.638. The normalized spacial score (nSPS) is 19.0. The van der Waals surface area contributed by atoms with Gasteiger partial charge in [0.25, 0.3) is 5.91 Å². The quantitative estimate of drug-likeness (QED) is 0.390. The minimum Gasteiger partial charge on any atom is -0.326 e. The van der Waals surface area contributed by atoms with Crippen LogP contribution in [0.15, 0.2) is 60.9 Å². The van der Waals surface area contributed by atoms with Crippen LogP contribution in [-0.4, -0.2) is 69.0 Å². The van der Waals surface area contributed by atoms with Gasteiger partial charge in [0.1, 0.15) is 6.04 Å². The smallest absolute Gasteiger partial charge is 0.255 e. The lowest BCUT2D eigenvalue weighted by molar-refractivity contribution is -0.137. The average Bonchev–Trinajstić information content (AvgIpc) is 3.32. The maximum absolute atomic E-state index is 13.1. The van der Waals surface area contributed by atoms with Crippen molar-refractivity contribution < 1.29 is 19.2 Å². The highest BCUT2D eigenvalue weighted by Gasteiger charge is 2.39. The minimum absolute atomic E-state index is 0.0935. The van der Waals surface area contributed by atoms with Crippen LogP contribution in [0, 0.1) is 0 Å². The highest BCUT2D eigenvalue weighted by Crippen LogP contribution is 2.30. The molecule has 4 heterocycles. The molecule has 4 amide bonds. The summed E-state index contributed by atoms with van der Waals surface area (Å²) >= 11 is 1.98. The van der Waals surface area contributed by atoms with Gasteiger partial charge in [0.05, 0.1) is 0 Å². The van der Waals surface area contributed by atoms with Crippen molar-refractivity contribution in [3.05, 3.63) is 83.2 Å². The van der Waals surface area contributed by atoms with Gasteiger partial charge in [-0.15, -0.1) is 0 Å². The number of aryl methyl sites for hydroxylation is 1. The number of carbonyl (C=O) groups excluding carboxylic acids is 4. The largest absolute Gasteiger partial charge is 0.326 e. The molecular formula is C32H33N5O4S. The molecule has 10 heteroatoms. The molecule has 3 aliphatic rings. The molecule has 3 aromatic rings. The molecule has 1 atom stereocenters. The Balaban J connectivity index is 1.10. The molecule has 6 rings (SSSR count). The number of pyridine rings is 1. The predicted octanol–water partition coefficient (Wildman–Crippen LogP) is 3.63. The van der Waals surface area contributed by atoms with Crippen LogP contribution in [0.3, 0.4) is 0 Å². The summed E-state index contributed by atoms with van der Waals surface area (Å²) in [5, 5.41) is 5.40. The third-order valence-corrected chi connectivity index (χ3v) is 9.05. The van der Waals surface area contributed by atoms with Crippen molar-refractivity contribution in [2.75, 3.05) is 29.9 Å². The lowest BCUT2D eigenvalue weighted by Gasteiger charge is -2.29. The maximum atomic E-state index is 13.1. The van der Waals surface area contributed by atoms with E-state index in [0.29, 0.717) is 24.9 Å². The van der Waals surface area contributed by atoms with Gasteiger partial charge in [-0.1, -0.05) is 18.2 Å². The second-order valence-electron chi connectivity index (χ2n) is 10.9. The standard InChI is InChI=1S/C32H33N5O4S/c38-29(7-2-21-1-3-23-20-37(32(41)27(23)17-21)28-6-8-30(39)35-31(28)40)34-25-4-5-26(22-9-11-33-12-10-22)24(18-25)19-36-13-15-42-16-14-36/h1,3-5,9-12,17-18,28H,2,6-8,13-16,19-20H2,(H,34,38)(H,35,39,40). The third-order valence-electron chi connectivity index (χ3n) is 8.11. The molecule has 2 N–H and O–H groups in total. The number of anilines is 1. The molecule has 2 saturated heterocycles.